The van der Waals surface area contributed by atoms with Crippen LogP contribution in [0.3, 0.4) is 0 Å². The van der Waals surface area contributed by atoms with Gasteiger partial charge in [0.2, 0.25) is 0 Å². The normalized spacial score (nSPS) is 13.8. The molecule has 534 valence electrons. The van der Waals surface area contributed by atoms with Crippen LogP contribution in [0.4, 0.5) is 0 Å². The lowest BCUT2D eigenvalue weighted by atomic mass is 10.0. The highest BCUT2D eigenvalue weighted by Gasteiger charge is 2.22. The molecule has 0 aliphatic carbocycles. The summed E-state index contributed by atoms with van der Waals surface area (Å²) in [4.78, 5) is 37.6. The highest BCUT2D eigenvalue weighted by Crippen LogP contribution is 2.16. The van der Waals surface area contributed by atoms with Gasteiger partial charge in [0.15, 0.2) is 12.4 Å². The number of allylic oxidation sites excluding steroid dienone is 32. The molecule has 0 aliphatic heterocycles. The van der Waals surface area contributed by atoms with Gasteiger partial charge < -0.3 is 33.3 Å². The zero-order chi connectivity index (χ0) is 69.0. The molecule has 0 heterocycles. The lowest BCUT2D eigenvalue weighted by Gasteiger charge is -2.26. The molecule has 95 heavy (non-hydrogen) atoms. The van der Waals surface area contributed by atoms with Crippen molar-refractivity contribution in [2.45, 2.75) is 283 Å². The van der Waals surface area contributed by atoms with E-state index in [-0.39, 0.29) is 38.6 Å². The van der Waals surface area contributed by atoms with Crippen molar-refractivity contribution in [2.75, 3.05) is 47.5 Å². The standard InChI is InChI=1S/C86H137NO8/c1-6-8-10-12-14-16-18-20-22-24-26-28-30-32-34-36-38-39-40-41-42-43-44-45-47-49-51-53-55-57-59-61-63-65-67-69-71-73-75-77-84(89)95-82(81-94-86(85(90)91)92-79-78-87(3,4)5)80-93-83(88)76-74-72-70-68-66-64-62-60-58-56-54-52-50-48-46-37-35-33-31-29-27-25-23-21-19-17-15-13-11-9-7-2/h8-11,14-17,20-23,26-29,32-35,38-39,41-42,44-46,48-49,51-52,54,82,86H,6-7,12-13,18-19,24-25,30-31,36-37,40,43,47,50,53,55-81H2,1-5H3/b10-8-,11-9-,16-14-,17-15-,22-20-,23-21-,28-26-,29-27-,34-32-,35-33-,39-38-,42-41-,45-44-,48-46-,51-49-,54-52-. The van der Waals surface area contributed by atoms with Crippen LogP contribution in [-0.2, 0) is 33.3 Å². The quantitative estimate of drug-likeness (QED) is 0.0195. The first-order chi connectivity index (χ1) is 46.6. The zero-order valence-corrected chi connectivity index (χ0v) is 61.0. The average Bonchev–Trinajstić information content (AvgIpc) is 2.92. The summed E-state index contributed by atoms with van der Waals surface area (Å²) in [6.45, 7) is 4.50. The number of nitrogens with zero attached hydrogens (tertiary/aromatic N) is 1. The minimum atomic E-state index is -1.64. The van der Waals surface area contributed by atoms with Gasteiger partial charge in [-0.05, 0) is 141 Å². The number of carbonyl (C=O) groups is 3. The maximum Gasteiger partial charge on any atom is 0.306 e. The molecule has 0 N–H and O–H groups in total. The van der Waals surface area contributed by atoms with Crippen molar-refractivity contribution < 1.29 is 42.9 Å². The topological polar surface area (TPSA) is 111 Å². The van der Waals surface area contributed by atoms with E-state index in [1.54, 1.807) is 0 Å². The van der Waals surface area contributed by atoms with Crippen LogP contribution in [-0.4, -0.2) is 82.3 Å². The minimum absolute atomic E-state index is 0.136. The molecule has 0 aliphatic rings. The van der Waals surface area contributed by atoms with Crippen molar-refractivity contribution in [3.8, 4) is 0 Å². The Hall–Kier alpha value is -5.87. The van der Waals surface area contributed by atoms with Crippen molar-refractivity contribution in [1.29, 1.82) is 0 Å². The van der Waals surface area contributed by atoms with Gasteiger partial charge in [-0.1, -0.05) is 311 Å². The van der Waals surface area contributed by atoms with Crippen molar-refractivity contribution in [3.05, 3.63) is 194 Å². The molecule has 0 aromatic rings. The summed E-state index contributed by atoms with van der Waals surface area (Å²) in [5, 5.41) is 11.9. The van der Waals surface area contributed by atoms with E-state index in [4.69, 9.17) is 18.9 Å². The lowest BCUT2D eigenvalue weighted by molar-refractivity contribution is -0.870. The molecule has 9 nitrogen and oxygen atoms in total. The van der Waals surface area contributed by atoms with E-state index in [1.807, 2.05) is 21.1 Å². The van der Waals surface area contributed by atoms with E-state index in [0.717, 1.165) is 161 Å². The van der Waals surface area contributed by atoms with Crippen molar-refractivity contribution in [2.24, 2.45) is 0 Å². The third kappa shape index (κ3) is 75.4. The second-order valence-corrected chi connectivity index (χ2v) is 25.5. The molecular formula is C86H137NO8. The third-order valence-corrected chi connectivity index (χ3v) is 15.3. The molecule has 0 fully saturated rings. The summed E-state index contributed by atoms with van der Waals surface area (Å²) in [6, 6.07) is 0. The van der Waals surface area contributed by atoms with Crippen LogP contribution in [0.2, 0.25) is 0 Å². The van der Waals surface area contributed by atoms with Gasteiger partial charge in [-0.15, -0.1) is 0 Å². The van der Waals surface area contributed by atoms with E-state index < -0.39 is 24.3 Å². The molecule has 0 aromatic heterocycles. The van der Waals surface area contributed by atoms with Gasteiger partial charge in [0.05, 0.1) is 40.3 Å². The number of ether oxygens (including phenoxy) is 4. The van der Waals surface area contributed by atoms with Crippen LogP contribution in [0.15, 0.2) is 194 Å². The molecule has 0 bridgehead atoms. The molecule has 0 spiro atoms. The Morgan fingerprint density at radius 3 is 0.842 bits per heavy atom. The Kier molecular flexibility index (Phi) is 69.4. The monoisotopic (exact) mass is 1310 g/mol. The van der Waals surface area contributed by atoms with Gasteiger partial charge in [0.1, 0.15) is 13.2 Å². The number of likely N-dealkylation sites (N-methyl/N-ethyl adjacent to an activating group) is 1. The van der Waals surface area contributed by atoms with Gasteiger partial charge in [-0.3, -0.25) is 9.59 Å². The third-order valence-electron chi connectivity index (χ3n) is 15.3. The summed E-state index contributed by atoms with van der Waals surface area (Å²) < 4.78 is 22.8. The van der Waals surface area contributed by atoms with E-state index >= 15 is 0 Å². The highest BCUT2D eigenvalue weighted by atomic mass is 16.7. The molecule has 2 unspecified atom stereocenters. The van der Waals surface area contributed by atoms with Gasteiger partial charge in [-0.2, -0.15) is 0 Å². The smallest absolute Gasteiger partial charge is 0.306 e. The highest BCUT2D eigenvalue weighted by molar-refractivity contribution is 5.70. The zero-order valence-electron chi connectivity index (χ0n) is 61.0. The lowest BCUT2D eigenvalue weighted by Crippen LogP contribution is -2.44. The number of hydrogen-bond donors (Lipinski definition) is 0. The molecular weight excluding hydrogens is 1170 g/mol. The molecule has 9 heteroatoms. The van der Waals surface area contributed by atoms with Crippen molar-refractivity contribution in [3.63, 3.8) is 0 Å². The van der Waals surface area contributed by atoms with Crippen LogP contribution < -0.4 is 5.11 Å². The first kappa shape index (κ1) is 89.1. The first-order valence-corrected chi connectivity index (χ1v) is 37.6. The molecule has 0 saturated carbocycles. The summed E-state index contributed by atoms with van der Waals surface area (Å²) in [7, 11) is 5.92. The Bertz CT molecular complexity index is 2270. The number of carbonyl (C=O) groups excluding carboxylic acids is 3. The summed E-state index contributed by atoms with van der Waals surface area (Å²) in [5.41, 5.74) is 0. The summed E-state index contributed by atoms with van der Waals surface area (Å²) in [5.74, 6) is -2.31. The summed E-state index contributed by atoms with van der Waals surface area (Å²) in [6.07, 6.45) is 111. The summed E-state index contributed by atoms with van der Waals surface area (Å²) >= 11 is 0. The minimum Gasteiger partial charge on any atom is -0.545 e. The number of aliphatic carboxylic acids is 1. The van der Waals surface area contributed by atoms with Gasteiger partial charge in [0, 0.05) is 12.8 Å². The fraction of sp³-hybridized carbons (Fsp3) is 0.593. The molecule has 0 radical (unpaired) electrons. The van der Waals surface area contributed by atoms with Crippen LogP contribution in [0, 0.1) is 0 Å². The molecule has 0 rings (SSSR count). The van der Waals surface area contributed by atoms with E-state index in [9.17, 15) is 19.5 Å². The molecule has 0 saturated heterocycles. The predicted molar refractivity (Wildman–Crippen MR) is 407 cm³/mol. The first-order valence-electron chi connectivity index (χ1n) is 37.6. The van der Waals surface area contributed by atoms with Crippen LogP contribution >= 0.6 is 0 Å². The van der Waals surface area contributed by atoms with Crippen LogP contribution in [0.25, 0.3) is 0 Å². The van der Waals surface area contributed by atoms with E-state index in [2.05, 4.69) is 208 Å². The second kappa shape index (κ2) is 73.9. The maximum atomic E-state index is 13.0. The van der Waals surface area contributed by atoms with Gasteiger partial charge in [-0.25, -0.2) is 0 Å². The number of esters is 2. The fourth-order valence-corrected chi connectivity index (χ4v) is 9.69. The number of carboxylic acids is 1. The number of quaternary nitrogens is 1. The van der Waals surface area contributed by atoms with E-state index in [0.29, 0.717) is 17.4 Å². The number of hydrogen-bond acceptors (Lipinski definition) is 8. The largest absolute Gasteiger partial charge is 0.545 e. The second-order valence-electron chi connectivity index (χ2n) is 25.5. The Labute approximate surface area is 582 Å². The Morgan fingerprint density at radius 1 is 0.316 bits per heavy atom. The van der Waals surface area contributed by atoms with Crippen molar-refractivity contribution in [1.82, 2.24) is 0 Å². The number of rotatable bonds is 67. The maximum absolute atomic E-state index is 13.0. The number of unbranched alkanes of at least 4 members (excludes halogenated alkanes) is 20. The molecule has 2 atom stereocenters. The predicted octanol–water partition coefficient (Wildman–Crippen LogP) is 22.8. The van der Waals surface area contributed by atoms with Crippen molar-refractivity contribution >= 4 is 17.9 Å². The van der Waals surface area contributed by atoms with E-state index in [1.165, 1.54) is 77.0 Å². The molecule has 0 aromatic carbocycles. The fourth-order valence-electron chi connectivity index (χ4n) is 9.69. The van der Waals surface area contributed by atoms with Crippen LogP contribution in [0.5, 0.6) is 0 Å². The number of carboxylic acid groups (broad SMARTS) is 1. The van der Waals surface area contributed by atoms with Gasteiger partial charge in [0.25, 0.3) is 0 Å². The SMILES string of the molecule is CC/C=C\C/C=C\C/C=C\C/C=C\C/C=C\C/C=C\C/C=C\C/C=C\C/C=C\CCCCCCCCCCCCCC(=O)OC(COC(=O)CCCCCCCCCCC/C=C\C/C=C\C/C=C\C/C=C\C/C=C\C/C=C\C/C=C\CC)COC(OCC[N+](C)(C)C)C(=O)[O-]. The Balaban J connectivity index is 4.17. The average molecular weight is 1310 g/mol. The van der Waals surface area contributed by atoms with Crippen LogP contribution in [0.1, 0.15) is 271 Å². The molecule has 0 amide bonds. The Morgan fingerprint density at radius 2 is 0.568 bits per heavy atom. The van der Waals surface area contributed by atoms with Gasteiger partial charge >= 0.3 is 11.9 Å².